The monoisotopic (exact) mass is 475 g/mol. The first-order chi connectivity index (χ1) is 15.2. The molecule has 4 rings (SSSR count). The predicted molar refractivity (Wildman–Crippen MR) is 120 cm³/mol. The molecule has 8 nitrogen and oxygen atoms in total. The number of fused-ring (bicyclic) bond motifs is 1. The molecule has 0 aliphatic carbocycles. The molecule has 0 spiro atoms. The molecule has 2 amide bonds. The van der Waals surface area contributed by atoms with Crippen molar-refractivity contribution in [3.63, 3.8) is 0 Å². The first kappa shape index (κ1) is 21.8. The van der Waals surface area contributed by atoms with Gasteiger partial charge in [-0.15, -0.1) is 0 Å². The van der Waals surface area contributed by atoms with E-state index in [0.717, 1.165) is 0 Å². The lowest BCUT2D eigenvalue weighted by atomic mass is 9.92. The fourth-order valence-corrected chi connectivity index (χ4v) is 3.77. The van der Waals surface area contributed by atoms with E-state index in [1.807, 2.05) is 0 Å². The number of nitrogens with zero attached hydrogens (tertiary/aromatic N) is 1. The van der Waals surface area contributed by atoms with Crippen molar-refractivity contribution in [2.24, 2.45) is 0 Å². The fraction of sp³-hybridized carbons (Fsp3) is 0.143. The number of rotatable bonds is 4. The number of carbonyl (C=O) groups excluding carboxylic acids is 2. The van der Waals surface area contributed by atoms with Crippen LogP contribution in [0.2, 0.25) is 10.0 Å². The lowest BCUT2D eigenvalue weighted by Crippen LogP contribution is -2.36. The second-order valence-electron chi connectivity index (χ2n) is 7.20. The Morgan fingerprint density at radius 3 is 2.62 bits per heavy atom. The molecule has 4 N–H and O–H groups in total. The van der Waals surface area contributed by atoms with Crippen molar-refractivity contribution in [1.29, 1.82) is 0 Å². The number of aromatic amines is 1. The van der Waals surface area contributed by atoms with Crippen molar-refractivity contribution in [2.75, 3.05) is 16.0 Å². The van der Waals surface area contributed by atoms with Crippen LogP contribution in [0.4, 0.5) is 27.5 Å². The van der Waals surface area contributed by atoms with Gasteiger partial charge in [-0.3, -0.25) is 19.4 Å². The summed E-state index contributed by atoms with van der Waals surface area (Å²) in [6.07, 6.45) is -0.285. The van der Waals surface area contributed by atoms with Crippen LogP contribution in [0, 0.1) is 12.7 Å². The van der Waals surface area contributed by atoms with Gasteiger partial charge in [-0.05, 0) is 42.8 Å². The second-order valence-corrected chi connectivity index (χ2v) is 8.05. The highest BCUT2D eigenvalue weighted by Gasteiger charge is 2.35. The average molecular weight is 476 g/mol. The largest absolute Gasteiger partial charge is 0.324 e. The van der Waals surface area contributed by atoms with E-state index >= 15 is 0 Å². The van der Waals surface area contributed by atoms with Gasteiger partial charge in [0, 0.05) is 11.4 Å². The number of aryl methyl sites for hydroxylation is 1. The molecular weight excluding hydrogens is 460 g/mol. The summed E-state index contributed by atoms with van der Waals surface area (Å²) in [5, 5.41) is 8.51. The third kappa shape index (κ3) is 4.44. The van der Waals surface area contributed by atoms with Gasteiger partial charge in [-0.2, -0.15) is 4.98 Å². The molecule has 1 atom stereocenters. The molecule has 0 unspecified atom stereocenters. The van der Waals surface area contributed by atoms with Crippen LogP contribution in [0.25, 0.3) is 0 Å². The van der Waals surface area contributed by atoms with E-state index in [-0.39, 0.29) is 29.4 Å². The zero-order valence-corrected chi connectivity index (χ0v) is 18.1. The smallest absolute Gasteiger partial charge is 0.258 e. The molecule has 0 fully saturated rings. The van der Waals surface area contributed by atoms with Crippen LogP contribution in [0.3, 0.4) is 0 Å². The quantitative estimate of drug-likeness (QED) is 0.448. The third-order valence-corrected chi connectivity index (χ3v) is 5.38. The van der Waals surface area contributed by atoms with Crippen LogP contribution < -0.4 is 21.5 Å². The second kappa shape index (κ2) is 8.60. The molecule has 32 heavy (non-hydrogen) atoms. The summed E-state index contributed by atoms with van der Waals surface area (Å²) >= 11 is 12.0. The van der Waals surface area contributed by atoms with Gasteiger partial charge in [0.05, 0.1) is 27.9 Å². The summed E-state index contributed by atoms with van der Waals surface area (Å²) in [6, 6.07) is 9.01. The Hall–Kier alpha value is -3.43. The maximum Gasteiger partial charge on any atom is 0.258 e. The van der Waals surface area contributed by atoms with Crippen LogP contribution in [0.1, 0.15) is 23.5 Å². The number of carbonyl (C=O) groups is 2. The van der Waals surface area contributed by atoms with Crippen molar-refractivity contribution in [1.82, 2.24) is 9.97 Å². The van der Waals surface area contributed by atoms with E-state index in [9.17, 15) is 18.8 Å². The molecule has 164 valence electrons. The van der Waals surface area contributed by atoms with Crippen molar-refractivity contribution < 1.29 is 14.0 Å². The number of anilines is 4. The number of hydrogen-bond acceptors (Lipinski definition) is 5. The molecule has 1 aliphatic heterocycles. The topological polar surface area (TPSA) is 116 Å². The van der Waals surface area contributed by atoms with Gasteiger partial charge in [-0.1, -0.05) is 29.3 Å². The number of aromatic nitrogens is 2. The van der Waals surface area contributed by atoms with Gasteiger partial charge >= 0.3 is 0 Å². The molecule has 2 aromatic carbocycles. The maximum atomic E-state index is 14.1. The molecule has 2 heterocycles. The number of benzene rings is 2. The van der Waals surface area contributed by atoms with Gasteiger partial charge < -0.3 is 16.0 Å². The first-order valence-electron chi connectivity index (χ1n) is 9.44. The molecule has 1 aliphatic rings. The molecule has 1 aromatic heterocycles. The van der Waals surface area contributed by atoms with E-state index in [4.69, 9.17) is 23.2 Å². The Labute approximate surface area is 191 Å². The SMILES string of the molecule is Cc1ccc(NC(=O)[C@H]2CC(=O)Nc3nc(Nc4ccc(Cl)cc4Cl)[nH]c(=O)c32)c(F)c1. The molecule has 0 radical (unpaired) electrons. The third-order valence-electron chi connectivity index (χ3n) is 4.83. The fourth-order valence-electron chi connectivity index (χ4n) is 3.31. The van der Waals surface area contributed by atoms with Gasteiger partial charge in [0.25, 0.3) is 5.56 Å². The van der Waals surface area contributed by atoms with Gasteiger partial charge in [0.1, 0.15) is 11.6 Å². The summed E-state index contributed by atoms with van der Waals surface area (Å²) in [4.78, 5) is 44.6. The van der Waals surface area contributed by atoms with Gasteiger partial charge in [0.2, 0.25) is 17.8 Å². The highest BCUT2D eigenvalue weighted by atomic mass is 35.5. The Morgan fingerprint density at radius 1 is 1.16 bits per heavy atom. The molecule has 0 bridgehead atoms. The Morgan fingerprint density at radius 2 is 1.91 bits per heavy atom. The summed E-state index contributed by atoms with van der Waals surface area (Å²) in [7, 11) is 0. The van der Waals surface area contributed by atoms with Crippen LogP contribution >= 0.6 is 23.2 Å². The summed E-state index contributed by atoms with van der Waals surface area (Å²) < 4.78 is 14.1. The zero-order chi connectivity index (χ0) is 23.0. The van der Waals surface area contributed by atoms with Crippen LogP contribution in [-0.4, -0.2) is 21.8 Å². The normalized spacial score (nSPS) is 15.0. The summed E-state index contributed by atoms with van der Waals surface area (Å²) in [5.74, 6) is -3.03. The minimum Gasteiger partial charge on any atom is -0.324 e. The number of amides is 2. The van der Waals surface area contributed by atoms with Crippen molar-refractivity contribution in [3.8, 4) is 0 Å². The molecule has 0 saturated carbocycles. The van der Waals surface area contributed by atoms with Crippen LogP contribution in [0.15, 0.2) is 41.2 Å². The van der Waals surface area contributed by atoms with Crippen molar-refractivity contribution >= 4 is 58.2 Å². The summed E-state index contributed by atoms with van der Waals surface area (Å²) in [6.45, 7) is 1.71. The molecule has 0 saturated heterocycles. The minimum atomic E-state index is -1.15. The number of nitrogens with one attached hydrogen (secondary N) is 4. The van der Waals surface area contributed by atoms with Gasteiger partial charge in [-0.25, -0.2) is 4.39 Å². The standard InChI is InChI=1S/C21H16Cl2FN5O3/c1-9-2-4-15(13(24)6-9)25-19(31)11-8-16(30)27-18-17(11)20(32)29-21(28-18)26-14-5-3-10(22)7-12(14)23/h2-7,11H,8H2,1H3,(H,25,31)(H3,26,27,28,29,30,32)/t11-/m0/s1. The van der Waals surface area contributed by atoms with Crippen LogP contribution in [0.5, 0.6) is 0 Å². The van der Waals surface area contributed by atoms with E-state index in [1.165, 1.54) is 18.2 Å². The van der Waals surface area contributed by atoms with Crippen molar-refractivity contribution in [2.45, 2.75) is 19.3 Å². The molecule has 3 aromatic rings. The van der Waals surface area contributed by atoms with Crippen LogP contribution in [-0.2, 0) is 9.59 Å². The maximum absolute atomic E-state index is 14.1. The predicted octanol–water partition coefficient (Wildman–Crippen LogP) is 4.33. The van der Waals surface area contributed by atoms with E-state index in [0.29, 0.717) is 21.3 Å². The minimum absolute atomic E-state index is 0.00362. The van der Waals surface area contributed by atoms with Gasteiger partial charge in [0.15, 0.2) is 0 Å². The highest BCUT2D eigenvalue weighted by molar-refractivity contribution is 6.36. The Kier molecular flexibility index (Phi) is 5.86. The lowest BCUT2D eigenvalue weighted by Gasteiger charge is -2.24. The Balaban J connectivity index is 1.65. The molecule has 11 heteroatoms. The number of hydrogen-bond donors (Lipinski definition) is 4. The number of H-pyrrole nitrogens is 1. The Bertz CT molecular complexity index is 1310. The number of halogens is 3. The summed E-state index contributed by atoms with van der Waals surface area (Å²) in [5.41, 5.74) is 0.400. The first-order valence-corrected chi connectivity index (χ1v) is 10.2. The lowest BCUT2D eigenvalue weighted by molar-refractivity contribution is -0.123. The molecular formula is C21H16Cl2FN5O3. The van der Waals surface area contributed by atoms with E-state index in [2.05, 4.69) is 25.9 Å². The average Bonchev–Trinajstić information content (AvgIpc) is 2.71. The van der Waals surface area contributed by atoms with Crippen molar-refractivity contribution in [3.05, 3.63) is 73.7 Å². The zero-order valence-electron chi connectivity index (χ0n) is 16.6. The van der Waals surface area contributed by atoms with E-state index in [1.54, 1.807) is 25.1 Å². The highest BCUT2D eigenvalue weighted by Crippen LogP contribution is 2.32. The van der Waals surface area contributed by atoms with E-state index < -0.39 is 29.1 Å².